The van der Waals surface area contributed by atoms with Crippen molar-refractivity contribution in [2.45, 2.75) is 20.8 Å². The van der Waals surface area contributed by atoms with Gasteiger partial charge < -0.3 is 19.3 Å². The summed E-state index contributed by atoms with van der Waals surface area (Å²) >= 11 is 0. The number of hydrogen-bond donors (Lipinski definition) is 1. The summed E-state index contributed by atoms with van der Waals surface area (Å²) in [4.78, 5) is 58.5. The quantitative estimate of drug-likeness (QED) is 0.632. The summed E-state index contributed by atoms with van der Waals surface area (Å²) in [5.41, 5.74) is -0.944. The lowest BCUT2D eigenvalue weighted by molar-refractivity contribution is -0.137. The largest absolute Gasteiger partial charge is 0.501 e. The van der Waals surface area contributed by atoms with E-state index in [9.17, 15) is 29.1 Å². The molecule has 0 unspecified atom stereocenters. The summed E-state index contributed by atoms with van der Waals surface area (Å²) in [7, 11) is 0. The molecule has 0 aromatic heterocycles. The van der Waals surface area contributed by atoms with E-state index in [2.05, 4.69) is 4.74 Å². The summed E-state index contributed by atoms with van der Waals surface area (Å²) in [6.07, 6.45) is 0. The van der Waals surface area contributed by atoms with Crippen LogP contribution in [0.15, 0.2) is 23.7 Å². The van der Waals surface area contributed by atoms with E-state index in [1.165, 1.54) is 0 Å². The maximum atomic E-state index is 12.6. The summed E-state index contributed by atoms with van der Waals surface area (Å²) in [6.45, 7) is 3.11. The van der Waals surface area contributed by atoms with Crippen LogP contribution in [0.3, 0.4) is 0 Å². The maximum absolute atomic E-state index is 12.6. The first-order valence-electron chi connectivity index (χ1n) is 6.88. The third-order valence-corrected chi connectivity index (χ3v) is 2.97. The van der Waals surface area contributed by atoms with Crippen molar-refractivity contribution in [3.05, 3.63) is 34.8 Å². The molecule has 1 N–H and O–H groups in total. The lowest BCUT2D eigenvalue weighted by Gasteiger charge is -2.20. The zero-order valence-electron chi connectivity index (χ0n) is 13.4. The van der Waals surface area contributed by atoms with Crippen molar-refractivity contribution in [2.24, 2.45) is 0 Å². The molecular formula is C16H12O9. The number of carbonyl (C=O) groups excluding carboxylic acids is 5. The molecule has 1 aliphatic carbocycles. The van der Waals surface area contributed by atoms with Crippen molar-refractivity contribution in [3.63, 3.8) is 0 Å². The number of hydrogen-bond acceptors (Lipinski definition) is 9. The number of aliphatic hydroxyl groups excluding tert-OH is 1. The van der Waals surface area contributed by atoms with Crippen LogP contribution in [0.1, 0.15) is 41.5 Å². The van der Waals surface area contributed by atoms with E-state index in [0.29, 0.717) is 0 Å². The molecule has 9 nitrogen and oxygen atoms in total. The first-order chi connectivity index (χ1) is 11.6. The molecule has 0 fully saturated rings. The Morgan fingerprint density at radius 3 is 1.56 bits per heavy atom. The SMILES string of the molecule is CC(=O)OC1=C(O)C(=O)c2c(OC(C)=O)ccc(OC(C)=O)c2C1=O. The van der Waals surface area contributed by atoms with Crippen LogP contribution in [-0.4, -0.2) is 34.6 Å². The number of allylic oxidation sites excluding steroid dienone is 2. The number of fused-ring (bicyclic) bond motifs is 1. The summed E-state index contributed by atoms with van der Waals surface area (Å²) in [5, 5.41) is 9.92. The van der Waals surface area contributed by atoms with Crippen LogP contribution in [0.25, 0.3) is 0 Å². The summed E-state index contributed by atoms with van der Waals surface area (Å²) in [5.74, 6) is -7.37. The average Bonchev–Trinajstić information content (AvgIpc) is 2.49. The van der Waals surface area contributed by atoms with E-state index in [4.69, 9.17) is 9.47 Å². The maximum Gasteiger partial charge on any atom is 0.308 e. The number of aliphatic hydroxyl groups is 1. The van der Waals surface area contributed by atoms with Crippen LogP contribution in [0, 0.1) is 0 Å². The van der Waals surface area contributed by atoms with E-state index >= 15 is 0 Å². The molecule has 0 amide bonds. The average molecular weight is 348 g/mol. The van der Waals surface area contributed by atoms with Crippen molar-refractivity contribution in [3.8, 4) is 11.5 Å². The normalized spacial score (nSPS) is 13.2. The minimum Gasteiger partial charge on any atom is -0.501 e. The van der Waals surface area contributed by atoms with Crippen LogP contribution in [0.4, 0.5) is 0 Å². The Morgan fingerprint density at radius 2 is 1.16 bits per heavy atom. The van der Waals surface area contributed by atoms with Gasteiger partial charge in [0.15, 0.2) is 0 Å². The van der Waals surface area contributed by atoms with Crippen LogP contribution in [0.2, 0.25) is 0 Å². The molecule has 0 atom stereocenters. The molecular weight excluding hydrogens is 336 g/mol. The van der Waals surface area contributed by atoms with Crippen LogP contribution in [-0.2, 0) is 19.1 Å². The highest BCUT2D eigenvalue weighted by Gasteiger charge is 2.40. The Morgan fingerprint density at radius 1 is 0.760 bits per heavy atom. The van der Waals surface area contributed by atoms with Gasteiger partial charge in [-0.05, 0) is 12.1 Å². The van der Waals surface area contributed by atoms with Gasteiger partial charge in [-0.1, -0.05) is 0 Å². The number of carbonyl (C=O) groups is 5. The minimum atomic E-state index is -1.13. The Hall–Kier alpha value is -3.49. The van der Waals surface area contributed by atoms with Crippen LogP contribution < -0.4 is 9.47 Å². The van der Waals surface area contributed by atoms with Crippen molar-refractivity contribution in [1.82, 2.24) is 0 Å². The zero-order chi connectivity index (χ0) is 18.9. The highest BCUT2D eigenvalue weighted by molar-refractivity contribution is 6.27. The molecule has 1 aromatic rings. The lowest BCUT2D eigenvalue weighted by atomic mass is 9.90. The minimum absolute atomic E-state index is 0.311. The molecule has 1 aliphatic rings. The Bertz CT molecular complexity index is 861. The molecule has 0 spiro atoms. The van der Waals surface area contributed by atoms with E-state index in [1.807, 2.05) is 0 Å². The number of rotatable bonds is 3. The van der Waals surface area contributed by atoms with Crippen molar-refractivity contribution in [2.75, 3.05) is 0 Å². The summed E-state index contributed by atoms with van der Waals surface area (Å²) in [6, 6.07) is 2.27. The molecule has 0 saturated carbocycles. The number of esters is 3. The fraction of sp³-hybridized carbons (Fsp3) is 0.188. The van der Waals surface area contributed by atoms with Crippen molar-refractivity contribution >= 4 is 29.5 Å². The van der Waals surface area contributed by atoms with Gasteiger partial charge in [-0.3, -0.25) is 24.0 Å². The van der Waals surface area contributed by atoms with E-state index in [-0.39, 0.29) is 11.5 Å². The third kappa shape index (κ3) is 3.39. The van der Waals surface area contributed by atoms with Crippen molar-refractivity contribution < 1.29 is 43.3 Å². The van der Waals surface area contributed by atoms with E-state index < -0.39 is 52.1 Å². The Kier molecular flexibility index (Phi) is 4.68. The molecule has 1 aromatic carbocycles. The predicted octanol–water partition coefficient (Wildman–Crippen LogP) is 1.25. The molecule has 0 aliphatic heterocycles. The predicted molar refractivity (Wildman–Crippen MR) is 79.1 cm³/mol. The van der Waals surface area contributed by atoms with Gasteiger partial charge in [0.05, 0.1) is 11.1 Å². The summed E-state index contributed by atoms with van der Waals surface area (Å²) < 4.78 is 14.3. The van der Waals surface area contributed by atoms with Gasteiger partial charge in [0.25, 0.3) is 0 Å². The molecule has 0 saturated heterocycles. The second kappa shape index (κ2) is 6.56. The van der Waals surface area contributed by atoms with Crippen LogP contribution >= 0.6 is 0 Å². The van der Waals surface area contributed by atoms with Gasteiger partial charge in [0.2, 0.25) is 23.1 Å². The van der Waals surface area contributed by atoms with Crippen molar-refractivity contribution in [1.29, 1.82) is 0 Å². The topological polar surface area (TPSA) is 133 Å². The molecule has 25 heavy (non-hydrogen) atoms. The number of Topliss-reactive ketones (excluding diaryl/α,β-unsaturated/α-hetero) is 2. The van der Waals surface area contributed by atoms with Gasteiger partial charge in [-0.25, -0.2) is 0 Å². The number of benzene rings is 1. The van der Waals surface area contributed by atoms with Crippen LogP contribution in [0.5, 0.6) is 11.5 Å². The lowest BCUT2D eigenvalue weighted by Crippen LogP contribution is -2.27. The third-order valence-electron chi connectivity index (χ3n) is 2.97. The smallest absolute Gasteiger partial charge is 0.308 e. The molecule has 9 heteroatoms. The number of ether oxygens (including phenoxy) is 3. The molecule has 0 radical (unpaired) electrons. The molecule has 0 bridgehead atoms. The highest BCUT2D eigenvalue weighted by Crippen LogP contribution is 2.38. The Balaban J connectivity index is 2.74. The fourth-order valence-corrected chi connectivity index (χ4v) is 2.18. The Labute approximate surface area is 140 Å². The first kappa shape index (κ1) is 17.9. The van der Waals surface area contributed by atoms with Gasteiger partial charge in [0.1, 0.15) is 11.5 Å². The molecule has 130 valence electrons. The monoisotopic (exact) mass is 348 g/mol. The van der Waals surface area contributed by atoms with E-state index in [1.54, 1.807) is 0 Å². The second-order valence-corrected chi connectivity index (χ2v) is 4.93. The second-order valence-electron chi connectivity index (χ2n) is 4.93. The molecule has 0 heterocycles. The first-order valence-corrected chi connectivity index (χ1v) is 6.88. The number of ketones is 2. The fourth-order valence-electron chi connectivity index (χ4n) is 2.18. The van der Waals surface area contributed by atoms with E-state index in [0.717, 1.165) is 32.9 Å². The van der Waals surface area contributed by atoms with Gasteiger partial charge in [0, 0.05) is 20.8 Å². The van der Waals surface area contributed by atoms with Gasteiger partial charge in [-0.2, -0.15) is 0 Å². The van der Waals surface area contributed by atoms with Gasteiger partial charge >= 0.3 is 17.9 Å². The highest BCUT2D eigenvalue weighted by atomic mass is 16.6. The molecule has 2 rings (SSSR count). The standard InChI is InChI=1S/C16H12O9/c1-6(17)23-9-4-5-10(24-7(2)18)12-11(9)13(20)15(22)16(14(12)21)25-8(3)19/h4-5,22H,1-3H3. The van der Waals surface area contributed by atoms with Gasteiger partial charge in [-0.15, -0.1) is 0 Å². The zero-order valence-corrected chi connectivity index (χ0v) is 13.4.